The minimum Gasteiger partial charge on any atom is -0.325 e. The molecule has 2 rings (SSSR count). The molecule has 0 saturated heterocycles. The van der Waals surface area contributed by atoms with Crippen molar-refractivity contribution in [3.8, 4) is 0 Å². The molecule has 0 aliphatic heterocycles. The Hall–Kier alpha value is -2.41. The lowest BCUT2D eigenvalue weighted by Gasteiger charge is -2.23. The lowest BCUT2D eigenvalue weighted by atomic mass is 10.1. The Bertz CT molecular complexity index is 902. The first-order valence-corrected chi connectivity index (χ1v) is 9.30. The second-order valence-electron chi connectivity index (χ2n) is 6.39. The molecule has 2 N–H and O–H groups in total. The largest absolute Gasteiger partial charge is 0.325 e. The van der Waals surface area contributed by atoms with Gasteiger partial charge in [0.1, 0.15) is 0 Å². The van der Waals surface area contributed by atoms with E-state index in [4.69, 9.17) is 23.2 Å². The lowest BCUT2D eigenvalue weighted by molar-refractivity contribution is -0.122. The van der Waals surface area contributed by atoms with E-state index >= 15 is 0 Å². The number of benzene rings is 2. The van der Waals surface area contributed by atoms with Crippen LogP contribution in [0.4, 0.5) is 11.4 Å². The number of nitrogens with zero attached hydrogens (tertiary/aromatic N) is 1. The molecule has 0 aromatic heterocycles. The van der Waals surface area contributed by atoms with Crippen molar-refractivity contribution in [3.63, 3.8) is 0 Å². The second-order valence-corrected chi connectivity index (χ2v) is 7.21. The monoisotopic (exact) mass is 421 g/mol. The Morgan fingerprint density at radius 1 is 1.00 bits per heavy atom. The predicted octanol–water partition coefficient (Wildman–Crippen LogP) is 4.09. The minimum absolute atomic E-state index is 0.00230. The van der Waals surface area contributed by atoms with E-state index in [0.29, 0.717) is 27.0 Å². The summed E-state index contributed by atoms with van der Waals surface area (Å²) in [4.78, 5) is 37.7. The van der Waals surface area contributed by atoms with Gasteiger partial charge in [-0.05, 0) is 51.2 Å². The topological polar surface area (TPSA) is 78.5 Å². The molecule has 8 heteroatoms. The molecule has 0 radical (unpaired) electrons. The third-order valence-electron chi connectivity index (χ3n) is 4.17. The Kier molecular flexibility index (Phi) is 7.57. The zero-order valence-electron chi connectivity index (χ0n) is 15.8. The van der Waals surface area contributed by atoms with E-state index in [1.54, 1.807) is 61.3 Å². The Morgan fingerprint density at radius 3 is 2.32 bits per heavy atom. The Balaban J connectivity index is 1.93. The first-order chi connectivity index (χ1) is 13.2. The smallest absolute Gasteiger partial charge is 0.241 e. The van der Waals surface area contributed by atoms with Crippen molar-refractivity contribution in [2.24, 2.45) is 0 Å². The highest BCUT2D eigenvalue weighted by Crippen LogP contribution is 2.25. The van der Waals surface area contributed by atoms with E-state index in [0.717, 1.165) is 0 Å². The van der Waals surface area contributed by atoms with Gasteiger partial charge in [-0.3, -0.25) is 19.3 Å². The third-order valence-corrected chi connectivity index (χ3v) is 4.91. The maximum Gasteiger partial charge on any atom is 0.241 e. The minimum atomic E-state index is -0.569. The second kappa shape index (κ2) is 9.68. The number of likely N-dealkylation sites (N-methyl/N-ethyl adjacent to an activating group) is 1. The third kappa shape index (κ3) is 6.05. The van der Waals surface area contributed by atoms with Crippen LogP contribution in [0.15, 0.2) is 42.5 Å². The summed E-state index contributed by atoms with van der Waals surface area (Å²) in [5, 5.41) is 6.21. The van der Waals surface area contributed by atoms with Crippen LogP contribution in [0.2, 0.25) is 10.0 Å². The van der Waals surface area contributed by atoms with Crippen LogP contribution in [0.3, 0.4) is 0 Å². The van der Waals surface area contributed by atoms with Crippen LogP contribution in [0, 0.1) is 0 Å². The van der Waals surface area contributed by atoms with Gasteiger partial charge in [-0.2, -0.15) is 0 Å². The summed E-state index contributed by atoms with van der Waals surface area (Å²) in [6, 6.07) is 10.9. The number of hydrogen-bond acceptors (Lipinski definition) is 4. The molecule has 0 aliphatic rings. The molecule has 2 aromatic rings. The average Bonchev–Trinajstić information content (AvgIpc) is 2.64. The van der Waals surface area contributed by atoms with E-state index in [2.05, 4.69) is 10.6 Å². The number of rotatable bonds is 7. The summed E-state index contributed by atoms with van der Waals surface area (Å²) in [5.41, 5.74) is 1.56. The van der Waals surface area contributed by atoms with Gasteiger partial charge >= 0.3 is 0 Å². The average molecular weight is 422 g/mol. The number of ketones is 1. The molecule has 1 unspecified atom stereocenters. The molecule has 0 aliphatic carbocycles. The van der Waals surface area contributed by atoms with Gasteiger partial charge in [-0.15, -0.1) is 0 Å². The van der Waals surface area contributed by atoms with Crippen LogP contribution in [0.25, 0.3) is 0 Å². The van der Waals surface area contributed by atoms with Crippen LogP contribution in [-0.2, 0) is 9.59 Å². The summed E-state index contributed by atoms with van der Waals surface area (Å²) < 4.78 is 0. The molecule has 28 heavy (non-hydrogen) atoms. The number of anilines is 2. The van der Waals surface area contributed by atoms with Gasteiger partial charge in [-0.1, -0.05) is 35.3 Å². The van der Waals surface area contributed by atoms with E-state index in [1.807, 2.05) is 0 Å². The molecule has 0 saturated carbocycles. The number of nitrogens with one attached hydrogen (secondary N) is 2. The highest BCUT2D eigenvalue weighted by molar-refractivity contribution is 6.42. The number of hydrogen-bond donors (Lipinski definition) is 2. The van der Waals surface area contributed by atoms with Gasteiger partial charge in [0.15, 0.2) is 5.78 Å². The van der Waals surface area contributed by atoms with E-state index in [-0.39, 0.29) is 24.1 Å². The molecular weight excluding hydrogens is 401 g/mol. The van der Waals surface area contributed by atoms with Crippen molar-refractivity contribution in [2.75, 3.05) is 24.2 Å². The molecule has 0 spiro atoms. The van der Waals surface area contributed by atoms with E-state index < -0.39 is 6.04 Å². The van der Waals surface area contributed by atoms with Gasteiger partial charge in [0.05, 0.1) is 22.6 Å². The molecule has 0 heterocycles. The van der Waals surface area contributed by atoms with Crippen LogP contribution >= 0.6 is 23.2 Å². The van der Waals surface area contributed by atoms with Crippen LogP contribution in [0.5, 0.6) is 0 Å². The molecule has 6 nitrogen and oxygen atoms in total. The molecule has 0 bridgehead atoms. The number of halogens is 2. The summed E-state index contributed by atoms with van der Waals surface area (Å²) >= 11 is 11.8. The molecule has 2 amide bonds. The van der Waals surface area contributed by atoms with Crippen LogP contribution in [0.1, 0.15) is 24.2 Å². The van der Waals surface area contributed by atoms with E-state index in [1.165, 1.54) is 6.92 Å². The highest BCUT2D eigenvalue weighted by Gasteiger charge is 2.20. The number of Topliss-reactive ketones (excluding diaryl/α,β-unsaturated/α-hetero) is 1. The van der Waals surface area contributed by atoms with Crippen molar-refractivity contribution in [2.45, 2.75) is 19.9 Å². The molecule has 1 atom stereocenters. The van der Waals surface area contributed by atoms with Gasteiger partial charge in [0.2, 0.25) is 11.8 Å². The number of carbonyl (C=O) groups is 3. The standard InChI is InChI=1S/C20H21Cl2N3O3/c1-12(20(28)24-15-6-4-5-14(9-15)13(2)26)25(3)11-19(27)23-16-7-8-17(21)18(22)10-16/h4-10,12H,11H2,1-3H3,(H,23,27)(H,24,28). The fraction of sp³-hybridized carbons (Fsp3) is 0.250. The molecule has 148 valence electrons. The Morgan fingerprint density at radius 2 is 1.68 bits per heavy atom. The summed E-state index contributed by atoms with van der Waals surface area (Å²) in [6.07, 6.45) is 0. The predicted molar refractivity (Wildman–Crippen MR) is 112 cm³/mol. The zero-order valence-corrected chi connectivity index (χ0v) is 17.3. The quantitative estimate of drug-likeness (QED) is 0.659. The highest BCUT2D eigenvalue weighted by atomic mass is 35.5. The SMILES string of the molecule is CC(=O)c1cccc(NC(=O)C(C)N(C)CC(=O)Nc2ccc(Cl)c(Cl)c2)c1. The van der Waals surface area contributed by atoms with Crippen LogP contribution in [-0.4, -0.2) is 42.1 Å². The maximum atomic E-state index is 12.5. The summed E-state index contributed by atoms with van der Waals surface area (Å²) in [5.74, 6) is -0.662. The lowest BCUT2D eigenvalue weighted by Crippen LogP contribution is -2.43. The zero-order chi connectivity index (χ0) is 20.8. The van der Waals surface area contributed by atoms with Gasteiger partial charge < -0.3 is 10.6 Å². The van der Waals surface area contributed by atoms with E-state index in [9.17, 15) is 14.4 Å². The maximum absolute atomic E-state index is 12.5. The molecule has 0 fully saturated rings. The Labute approximate surface area is 173 Å². The van der Waals surface area contributed by atoms with Crippen molar-refractivity contribution in [1.29, 1.82) is 0 Å². The molecular formula is C20H21Cl2N3O3. The number of amides is 2. The first kappa shape index (κ1) is 21.9. The van der Waals surface area contributed by atoms with Gasteiger partial charge in [0.25, 0.3) is 0 Å². The van der Waals surface area contributed by atoms with Crippen molar-refractivity contribution in [1.82, 2.24) is 4.90 Å². The fourth-order valence-electron chi connectivity index (χ4n) is 2.40. The fourth-order valence-corrected chi connectivity index (χ4v) is 2.70. The number of carbonyl (C=O) groups excluding carboxylic acids is 3. The normalized spacial score (nSPS) is 11.8. The first-order valence-electron chi connectivity index (χ1n) is 8.54. The van der Waals surface area contributed by atoms with Crippen LogP contribution < -0.4 is 10.6 Å². The summed E-state index contributed by atoms with van der Waals surface area (Å²) in [7, 11) is 1.67. The van der Waals surface area contributed by atoms with Crippen molar-refractivity contribution in [3.05, 3.63) is 58.1 Å². The van der Waals surface area contributed by atoms with Crippen molar-refractivity contribution < 1.29 is 14.4 Å². The molecule has 2 aromatic carbocycles. The summed E-state index contributed by atoms with van der Waals surface area (Å²) in [6.45, 7) is 3.16. The van der Waals surface area contributed by atoms with Gasteiger partial charge in [-0.25, -0.2) is 0 Å². The van der Waals surface area contributed by atoms with Crippen molar-refractivity contribution >= 4 is 52.2 Å². The van der Waals surface area contributed by atoms with Gasteiger partial charge in [0, 0.05) is 16.9 Å².